The summed E-state index contributed by atoms with van der Waals surface area (Å²) in [6.45, 7) is 8.54. The third-order valence-electron chi connectivity index (χ3n) is 3.53. The van der Waals surface area contributed by atoms with E-state index < -0.39 is 0 Å². The maximum absolute atomic E-state index is 2.70. The molecule has 2 heteroatoms. The highest BCUT2D eigenvalue weighted by Crippen LogP contribution is 2.13. The summed E-state index contributed by atoms with van der Waals surface area (Å²) in [5.74, 6) is 0. The van der Waals surface area contributed by atoms with Gasteiger partial charge in [0.05, 0.1) is 0 Å². The average molecular weight is 352 g/mol. The summed E-state index contributed by atoms with van der Waals surface area (Å²) in [7, 11) is 3.47. The molecule has 3 rings (SSSR count). The Hall–Kier alpha value is -1.48. The number of hydrogen-bond acceptors (Lipinski definition) is 0. The number of rotatable bonds is 2. The Morgan fingerprint density at radius 1 is 0.583 bits per heavy atom. The van der Waals surface area contributed by atoms with Crippen LogP contribution < -0.4 is 15.9 Å². The zero-order chi connectivity index (χ0) is 17.5. The minimum Gasteiger partial charge on any atom is -0.106 e. The molecule has 0 fully saturated rings. The lowest BCUT2D eigenvalue weighted by Gasteiger charge is -2.05. The van der Waals surface area contributed by atoms with Crippen LogP contribution in [0.4, 0.5) is 0 Å². The average Bonchev–Trinajstić information content (AvgIpc) is 2.46. The van der Waals surface area contributed by atoms with Crippen LogP contribution in [0.1, 0.15) is 22.3 Å². The van der Waals surface area contributed by atoms with E-state index in [0.29, 0.717) is 0 Å². The lowest BCUT2D eigenvalue weighted by molar-refractivity contribution is 1.41. The van der Waals surface area contributed by atoms with Crippen molar-refractivity contribution in [3.05, 3.63) is 89.0 Å². The summed E-state index contributed by atoms with van der Waals surface area (Å²) in [5, 5.41) is 4.11. The van der Waals surface area contributed by atoms with Gasteiger partial charge >= 0.3 is 0 Å². The Morgan fingerprint density at radius 2 is 1.04 bits per heavy atom. The minimum atomic E-state index is 0.770. The molecule has 3 aromatic carbocycles. The van der Waals surface area contributed by atoms with Gasteiger partial charge in [0.25, 0.3) is 0 Å². The molecule has 0 aliphatic rings. The molecule has 0 aliphatic heterocycles. The topological polar surface area (TPSA) is 0 Å². The van der Waals surface area contributed by atoms with E-state index in [0.717, 1.165) is 8.58 Å². The van der Waals surface area contributed by atoms with Gasteiger partial charge < -0.3 is 0 Å². The van der Waals surface area contributed by atoms with Gasteiger partial charge in [-0.2, -0.15) is 0 Å². The van der Waals surface area contributed by atoms with E-state index in [9.17, 15) is 0 Å². The number of benzene rings is 3. The monoisotopic (exact) mass is 352 g/mol. The first kappa shape index (κ1) is 18.9. The van der Waals surface area contributed by atoms with Crippen LogP contribution in [0.15, 0.2) is 66.7 Å². The predicted molar refractivity (Wildman–Crippen MR) is 115 cm³/mol. The Morgan fingerprint density at radius 3 is 1.50 bits per heavy atom. The molecule has 124 valence electrons. The molecule has 2 unspecified atom stereocenters. The largest absolute Gasteiger partial charge is 0.106 e. The van der Waals surface area contributed by atoms with Gasteiger partial charge in [-0.15, -0.1) is 9.24 Å². The SMILES string of the molecule is Cc1cc(C)cc(P)c1.Cc1cc(C)cc(Pc2ccccc2)c1. The van der Waals surface area contributed by atoms with Crippen molar-refractivity contribution in [3.63, 3.8) is 0 Å². The second-order valence-corrected chi connectivity index (χ2v) is 8.36. The van der Waals surface area contributed by atoms with Gasteiger partial charge in [0.1, 0.15) is 0 Å². The first-order chi connectivity index (χ1) is 11.4. The van der Waals surface area contributed by atoms with E-state index in [1.165, 1.54) is 38.2 Å². The van der Waals surface area contributed by atoms with Crippen molar-refractivity contribution in [2.45, 2.75) is 27.7 Å². The number of hydrogen-bond donors (Lipinski definition) is 0. The molecule has 3 aromatic rings. The summed E-state index contributed by atoms with van der Waals surface area (Å²) in [5.41, 5.74) is 5.38. The zero-order valence-corrected chi connectivity index (χ0v) is 17.1. The molecule has 0 N–H and O–H groups in total. The zero-order valence-electron chi connectivity index (χ0n) is 14.9. The molecule has 0 nitrogen and oxygen atoms in total. The van der Waals surface area contributed by atoms with Gasteiger partial charge in [0.15, 0.2) is 0 Å². The lowest BCUT2D eigenvalue weighted by atomic mass is 10.2. The summed E-state index contributed by atoms with van der Waals surface area (Å²) in [6.07, 6.45) is 0. The Balaban J connectivity index is 0.000000198. The fourth-order valence-corrected chi connectivity index (χ4v) is 4.56. The van der Waals surface area contributed by atoms with Crippen molar-refractivity contribution in [3.8, 4) is 0 Å². The molecule has 0 bridgehead atoms. The van der Waals surface area contributed by atoms with Crippen molar-refractivity contribution in [2.24, 2.45) is 0 Å². The van der Waals surface area contributed by atoms with Crippen molar-refractivity contribution in [2.75, 3.05) is 0 Å². The van der Waals surface area contributed by atoms with E-state index in [-0.39, 0.29) is 0 Å². The van der Waals surface area contributed by atoms with Gasteiger partial charge in [-0.3, -0.25) is 0 Å². The Labute approximate surface area is 150 Å². The highest BCUT2D eigenvalue weighted by atomic mass is 31.1. The summed E-state index contributed by atoms with van der Waals surface area (Å²) in [6, 6.07) is 23.9. The van der Waals surface area contributed by atoms with Crippen LogP contribution in [0.3, 0.4) is 0 Å². The molecule has 0 aliphatic carbocycles. The maximum Gasteiger partial charge on any atom is -0.0221 e. The minimum absolute atomic E-state index is 0.770. The molecular formula is C22H26P2. The van der Waals surface area contributed by atoms with Crippen molar-refractivity contribution in [1.82, 2.24) is 0 Å². The van der Waals surface area contributed by atoms with Crippen molar-refractivity contribution < 1.29 is 0 Å². The summed E-state index contributed by atoms with van der Waals surface area (Å²) in [4.78, 5) is 0. The molecular weight excluding hydrogens is 326 g/mol. The third kappa shape index (κ3) is 6.56. The summed E-state index contributed by atoms with van der Waals surface area (Å²) >= 11 is 0. The first-order valence-electron chi connectivity index (χ1n) is 8.16. The van der Waals surface area contributed by atoms with E-state index in [4.69, 9.17) is 0 Å². The van der Waals surface area contributed by atoms with E-state index in [2.05, 4.69) is 104 Å². The molecule has 0 saturated heterocycles. The van der Waals surface area contributed by atoms with Crippen LogP contribution in [-0.2, 0) is 0 Å². The van der Waals surface area contributed by atoms with E-state index in [1.807, 2.05) is 0 Å². The van der Waals surface area contributed by atoms with Gasteiger partial charge in [-0.1, -0.05) is 97.6 Å². The predicted octanol–water partition coefficient (Wildman–Crippen LogP) is 4.74. The molecule has 24 heavy (non-hydrogen) atoms. The summed E-state index contributed by atoms with van der Waals surface area (Å²) < 4.78 is 0. The van der Waals surface area contributed by atoms with E-state index in [1.54, 1.807) is 0 Å². The highest BCUT2D eigenvalue weighted by molar-refractivity contribution is 7.55. The Kier molecular flexibility index (Phi) is 7.16. The number of aryl methyl sites for hydroxylation is 4. The normalized spacial score (nSPS) is 10.5. The molecule has 0 heterocycles. The first-order valence-corrected chi connectivity index (χ1v) is 9.74. The van der Waals surface area contributed by atoms with Crippen molar-refractivity contribution >= 4 is 33.7 Å². The fourth-order valence-electron chi connectivity index (χ4n) is 2.74. The molecule has 0 aromatic heterocycles. The highest BCUT2D eigenvalue weighted by Gasteiger charge is 1.97. The second kappa shape index (κ2) is 9.12. The molecule has 0 saturated carbocycles. The molecule has 0 spiro atoms. The smallest absolute Gasteiger partial charge is 0.0221 e. The van der Waals surface area contributed by atoms with Crippen LogP contribution >= 0.6 is 17.8 Å². The lowest BCUT2D eigenvalue weighted by Crippen LogP contribution is -2.03. The Bertz CT molecular complexity index is 722. The quantitative estimate of drug-likeness (QED) is 0.585. The second-order valence-electron chi connectivity index (χ2n) is 6.29. The van der Waals surface area contributed by atoms with Gasteiger partial charge in [-0.25, -0.2) is 0 Å². The van der Waals surface area contributed by atoms with Crippen LogP contribution in [-0.4, -0.2) is 0 Å². The molecule has 0 radical (unpaired) electrons. The van der Waals surface area contributed by atoms with Crippen molar-refractivity contribution in [1.29, 1.82) is 0 Å². The third-order valence-corrected chi connectivity index (χ3v) is 5.06. The fraction of sp³-hybridized carbons (Fsp3) is 0.182. The van der Waals surface area contributed by atoms with Crippen LogP contribution in [0, 0.1) is 27.7 Å². The maximum atomic E-state index is 2.70. The molecule has 2 atom stereocenters. The van der Waals surface area contributed by atoms with Crippen LogP contribution in [0.25, 0.3) is 0 Å². The van der Waals surface area contributed by atoms with Gasteiger partial charge in [-0.05, 0) is 43.6 Å². The standard InChI is InChI=1S/C14H15P.C8H11P/c1-11-8-12(2)10-14(9-11)15-13-6-4-3-5-7-13;1-6-3-7(2)5-8(9)4-6/h3-10,15H,1-2H3;3-5H,9H2,1-2H3. The van der Waals surface area contributed by atoms with Crippen LogP contribution in [0.2, 0.25) is 0 Å². The van der Waals surface area contributed by atoms with Gasteiger partial charge in [0, 0.05) is 0 Å². The van der Waals surface area contributed by atoms with Gasteiger partial charge in [0.2, 0.25) is 0 Å². The molecule has 0 amide bonds. The van der Waals surface area contributed by atoms with E-state index >= 15 is 0 Å². The van der Waals surface area contributed by atoms with Crippen LogP contribution in [0.5, 0.6) is 0 Å².